The lowest BCUT2D eigenvalue weighted by Gasteiger charge is -2.15. The SMILES string of the molecule is COC(=O)CC(SC1=NCCN1)c1ccccc1. The van der Waals surface area contributed by atoms with Crippen molar-refractivity contribution in [2.24, 2.45) is 4.99 Å². The van der Waals surface area contributed by atoms with Crippen molar-refractivity contribution in [3.8, 4) is 0 Å². The Morgan fingerprint density at radius 3 is 2.89 bits per heavy atom. The maximum absolute atomic E-state index is 11.5. The highest BCUT2D eigenvalue weighted by Crippen LogP contribution is 2.33. The van der Waals surface area contributed by atoms with Crippen LogP contribution in [0.15, 0.2) is 35.3 Å². The van der Waals surface area contributed by atoms with Gasteiger partial charge in [0.15, 0.2) is 5.17 Å². The summed E-state index contributed by atoms with van der Waals surface area (Å²) in [6, 6.07) is 9.97. The largest absolute Gasteiger partial charge is 0.469 e. The van der Waals surface area contributed by atoms with Crippen molar-refractivity contribution in [2.75, 3.05) is 20.2 Å². The van der Waals surface area contributed by atoms with E-state index in [0.717, 1.165) is 23.8 Å². The molecule has 0 radical (unpaired) electrons. The van der Waals surface area contributed by atoms with Crippen molar-refractivity contribution in [3.63, 3.8) is 0 Å². The molecule has 0 amide bonds. The summed E-state index contributed by atoms with van der Waals surface area (Å²) < 4.78 is 4.75. The molecule has 96 valence electrons. The van der Waals surface area contributed by atoms with E-state index in [1.807, 2.05) is 30.3 Å². The van der Waals surface area contributed by atoms with Crippen molar-refractivity contribution in [1.29, 1.82) is 0 Å². The lowest BCUT2D eigenvalue weighted by atomic mass is 10.1. The number of hydrogen-bond donors (Lipinski definition) is 1. The zero-order chi connectivity index (χ0) is 12.8. The van der Waals surface area contributed by atoms with E-state index in [1.165, 1.54) is 7.11 Å². The van der Waals surface area contributed by atoms with Gasteiger partial charge in [-0.25, -0.2) is 0 Å². The van der Waals surface area contributed by atoms with Gasteiger partial charge in [0.05, 0.1) is 20.1 Å². The molecular formula is C13H16N2O2S. The number of aliphatic imine (C=N–C) groups is 1. The third-order valence-corrected chi connectivity index (χ3v) is 3.87. The summed E-state index contributed by atoms with van der Waals surface area (Å²) in [4.78, 5) is 15.8. The van der Waals surface area contributed by atoms with Crippen LogP contribution in [0.5, 0.6) is 0 Å². The lowest BCUT2D eigenvalue weighted by Crippen LogP contribution is -2.17. The molecule has 0 aliphatic carbocycles. The first-order valence-corrected chi connectivity index (χ1v) is 6.74. The number of nitrogens with zero attached hydrogens (tertiary/aromatic N) is 1. The van der Waals surface area contributed by atoms with E-state index in [-0.39, 0.29) is 11.2 Å². The highest BCUT2D eigenvalue weighted by molar-refractivity contribution is 8.14. The molecule has 1 N–H and O–H groups in total. The molecule has 0 bridgehead atoms. The first-order chi connectivity index (χ1) is 8.79. The number of methoxy groups -OCH3 is 1. The Kier molecular flexibility index (Phi) is 4.64. The minimum Gasteiger partial charge on any atom is -0.469 e. The Balaban J connectivity index is 2.09. The first-order valence-electron chi connectivity index (χ1n) is 5.86. The molecule has 1 aromatic rings. The number of carbonyl (C=O) groups is 1. The fourth-order valence-corrected chi connectivity index (χ4v) is 2.85. The average molecular weight is 264 g/mol. The molecule has 5 heteroatoms. The fourth-order valence-electron chi connectivity index (χ4n) is 1.72. The summed E-state index contributed by atoms with van der Waals surface area (Å²) in [7, 11) is 1.42. The standard InChI is InChI=1S/C13H16N2O2S/c1-17-12(16)9-11(10-5-3-2-4-6-10)18-13-14-7-8-15-13/h2-6,11H,7-9H2,1H3,(H,14,15). The van der Waals surface area contributed by atoms with Gasteiger partial charge >= 0.3 is 5.97 Å². The van der Waals surface area contributed by atoms with Gasteiger partial charge in [-0.05, 0) is 5.56 Å². The molecule has 1 aliphatic rings. The van der Waals surface area contributed by atoms with E-state index in [0.29, 0.717) is 6.42 Å². The molecule has 1 aromatic carbocycles. The van der Waals surface area contributed by atoms with Gasteiger partial charge in [0.25, 0.3) is 0 Å². The highest BCUT2D eigenvalue weighted by atomic mass is 32.2. The Morgan fingerprint density at radius 1 is 1.50 bits per heavy atom. The third-order valence-electron chi connectivity index (χ3n) is 2.65. The zero-order valence-electron chi connectivity index (χ0n) is 10.3. The number of nitrogens with one attached hydrogen (secondary N) is 1. The second kappa shape index (κ2) is 6.44. The van der Waals surface area contributed by atoms with Crippen LogP contribution in [0, 0.1) is 0 Å². The molecule has 1 atom stereocenters. The number of benzene rings is 1. The van der Waals surface area contributed by atoms with Crippen LogP contribution in [-0.4, -0.2) is 31.3 Å². The minimum absolute atomic E-state index is 0.0444. The van der Waals surface area contributed by atoms with E-state index in [9.17, 15) is 4.79 Å². The maximum atomic E-state index is 11.5. The van der Waals surface area contributed by atoms with Crippen LogP contribution < -0.4 is 5.32 Å². The van der Waals surface area contributed by atoms with E-state index < -0.39 is 0 Å². The Labute approximate surface area is 111 Å². The van der Waals surface area contributed by atoms with Gasteiger partial charge in [-0.3, -0.25) is 9.79 Å². The fraction of sp³-hybridized carbons (Fsp3) is 0.385. The summed E-state index contributed by atoms with van der Waals surface area (Å²) >= 11 is 1.59. The second-order valence-corrected chi connectivity index (χ2v) is 5.10. The summed E-state index contributed by atoms with van der Waals surface area (Å²) in [5.74, 6) is -0.199. The van der Waals surface area contributed by atoms with Gasteiger partial charge in [0.2, 0.25) is 0 Å². The van der Waals surface area contributed by atoms with Crippen LogP contribution in [0.25, 0.3) is 0 Å². The van der Waals surface area contributed by atoms with Crippen molar-refractivity contribution in [2.45, 2.75) is 11.7 Å². The molecule has 0 aromatic heterocycles. The predicted molar refractivity (Wildman–Crippen MR) is 73.7 cm³/mol. The molecule has 0 saturated heterocycles. The zero-order valence-corrected chi connectivity index (χ0v) is 11.1. The Hall–Kier alpha value is -1.49. The van der Waals surface area contributed by atoms with Crippen LogP contribution >= 0.6 is 11.8 Å². The molecule has 1 unspecified atom stereocenters. The molecule has 1 heterocycles. The number of carbonyl (C=O) groups excluding carboxylic acids is 1. The molecule has 0 saturated carbocycles. The quantitative estimate of drug-likeness (QED) is 0.845. The minimum atomic E-state index is -0.199. The Morgan fingerprint density at radius 2 is 2.28 bits per heavy atom. The summed E-state index contributed by atoms with van der Waals surface area (Å²) in [5.41, 5.74) is 1.12. The number of esters is 1. The molecule has 0 fully saturated rings. The topological polar surface area (TPSA) is 50.7 Å². The van der Waals surface area contributed by atoms with Gasteiger partial charge in [-0.15, -0.1) is 0 Å². The van der Waals surface area contributed by atoms with Gasteiger partial charge in [-0.1, -0.05) is 42.1 Å². The molecule has 4 nitrogen and oxygen atoms in total. The monoisotopic (exact) mass is 264 g/mol. The number of amidine groups is 1. The third kappa shape index (κ3) is 3.50. The number of rotatable bonds is 4. The smallest absolute Gasteiger partial charge is 0.306 e. The second-order valence-electron chi connectivity index (χ2n) is 3.91. The van der Waals surface area contributed by atoms with E-state index in [2.05, 4.69) is 10.3 Å². The van der Waals surface area contributed by atoms with Gasteiger partial charge in [0, 0.05) is 11.8 Å². The lowest BCUT2D eigenvalue weighted by molar-refractivity contribution is -0.140. The maximum Gasteiger partial charge on any atom is 0.306 e. The molecule has 18 heavy (non-hydrogen) atoms. The van der Waals surface area contributed by atoms with Gasteiger partial charge < -0.3 is 10.1 Å². The molecule has 2 rings (SSSR count). The number of thioether (sulfide) groups is 1. The van der Waals surface area contributed by atoms with Crippen molar-refractivity contribution in [1.82, 2.24) is 5.32 Å². The first kappa shape index (κ1) is 13.0. The van der Waals surface area contributed by atoms with Gasteiger partial charge in [0.1, 0.15) is 0 Å². The van der Waals surface area contributed by atoms with Gasteiger partial charge in [-0.2, -0.15) is 0 Å². The normalized spacial score (nSPS) is 15.7. The van der Waals surface area contributed by atoms with Crippen molar-refractivity contribution >= 4 is 22.9 Å². The van der Waals surface area contributed by atoms with E-state index in [4.69, 9.17) is 4.74 Å². The molecule has 1 aliphatic heterocycles. The number of ether oxygens (including phenoxy) is 1. The van der Waals surface area contributed by atoms with Crippen LogP contribution in [0.1, 0.15) is 17.2 Å². The van der Waals surface area contributed by atoms with E-state index in [1.54, 1.807) is 11.8 Å². The highest BCUT2D eigenvalue weighted by Gasteiger charge is 2.20. The summed E-state index contributed by atoms with van der Waals surface area (Å²) in [5, 5.41) is 4.16. The van der Waals surface area contributed by atoms with Crippen molar-refractivity contribution in [3.05, 3.63) is 35.9 Å². The number of hydrogen-bond acceptors (Lipinski definition) is 5. The van der Waals surface area contributed by atoms with Crippen LogP contribution in [-0.2, 0) is 9.53 Å². The van der Waals surface area contributed by atoms with Crippen molar-refractivity contribution < 1.29 is 9.53 Å². The van der Waals surface area contributed by atoms with Crippen LogP contribution in [0.2, 0.25) is 0 Å². The Bertz CT molecular complexity index is 434. The van der Waals surface area contributed by atoms with Crippen LogP contribution in [0.3, 0.4) is 0 Å². The molecule has 0 spiro atoms. The van der Waals surface area contributed by atoms with E-state index >= 15 is 0 Å². The molecular weight excluding hydrogens is 248 g/mol. The van der Waals surface area contributed by atoms with Crippen LogP contribution in [0.4, 0.5) is 0 Å². The summed E-state index contributed by atoms with van der Waals surface area (Å²) in [6.45, 7) is 1.68. The predicted octanol–water partition coefficient (Wildman–Crippen LogP) is 1.98. The summed E-state index contributed by atoms with van der Waals surface area (Å²) in [6.07, 6.45) is 0.353. The average Bonchev–Trinajstić information content (AvgIpc) is 2.92.